The summed E-state index contributed by atoms with van der Waals surface area (Å²) in [6.45, 7) is 6.91. The van der Waals surface area contributed by atoms with Crippen LogP contribution < -0.4 is 5.32 Å². The summed E-state index contributed by atoms with van der Waals surface area (Å²) in [7, 11) is 0. The van der Waals surface area contributed by atoms with E-state index in [2.05, 4.69) is 10.5 Å². The van der Waals surface area contributed by atoms with Gasteiger partial charge in [0.25, 0.3) is 0 Å². The Hall–Kier alpha value is -0.610. The van der Waals surface area contributed by atoms with E-state index in [0.717, 1.165) is 25.4 Å². The average molecular weight is 172 g/mol. The van der Waals surface area contributed by atoms with Crippen LogP contribution in [0.5, 0.6) is 0 Å². The number of morpholine rings is 1. The molecule has 12 heavy (non-hydrogen) atoms. The van der Waals surface area contributed by atoms with Crippen LogP contribution in [0.1, 0.15) is 13.8 Å². The molecule has 1 saturated heterocycles. The van der Waals surface area contributed by atoms with Crippen LogP contribution in [0.4, 0.5) is 0 Å². The van der Waals surface area contributed by atoms with Crippen molar-refractivity contribution >= 4 is 5.71 Å². The first-order valence-corrected chi connectivity index (χ1v) is 4.24. The van der Waals surface area contributed by atoms with Crippen molar-refractivity contribution in [3.05, 3.63) is 0 Å². The smallest absolute Gasteiger partial charge is 0.144 e. The summed E-state index contributed by atoms with van der Waals surface area (Å²) in [6.07, 6.45) is 0.154. The molecule has 0 radical (unpaired) electrons. The molecule has 0 spiro atoms. The van der Waals surface area contributed by atoms with Crippen LogP contribution in [-0.4, -0.2) is 38.1 Å². The lowest BCUT2D eigenvalue weighted by atomic mass is 10.3. The molecule has 1 atom stereocenters. The molecule has 1 N–H and O–H groups in total. The van der Waals surface area contributed by atoms with Crippen molar-refractivity contribution in [3.8, 4) is 0 Å². The first-order valence-electron chi connectivity index (χ1n) is 4.24. The van der Waals surface area contributed by atoms with Crippen molar-refractivity contribution in [2.75, 3.05) is 26.3 Å². The molecule has 4 nitrogen and oxygen atoms in total. The highest BCUT2D eigenvalue weighted by atomic mass is 16.6. The molecular formula is C8H16N2O2. The van der Waals surface area contributed by atoms with Gasteiger partial charge < -0.3 is 14.9 Å². The minimum absolute atomic E-state index is 0.154. The fraction of sp³-hybridized carbons (Fsp3) is 0.875. The maximum atomic E-state index is 5.40. The predicted molar refractivity (Wildman–Crippen MR) is 47.3 cm³/mol. The number of nitrogens with zero attached hydrogens (tertiary/aromatic N) is 1. The molecular weight excluding hydrogens is 156 g/mol. The Bertz CT molecular complexity index is 149. The van der Waals surface area contributed by atoms with Crippen LogP contribution in [0, 0.1) is 0 Å². The van der Waals surface area contributed by atoms with Gasteiger partial charge in [-0.05, 0) is 13.8 Å². The largest absolute Gasteiger partial charge is 0.393 e. The van der Waals surface area contributed by atoms with E-state index in [4.69, 9.17) is 9.57 Å². The number of hydrogen-bond acceptors (Lipinski definition) is 4. The van der Waals surface area contributed by atoms with Crippen LogP contribution in [0.15, 0.2) is 5.16 Å². The van der Waals surface area contributed by atoms with E-state index < -0.39 is 0 Å². The summed E-state index contributed by atoms with van der Waals surface area (Å²) < 4.78 is 5.40. The second-order valence-electron chi connectivity index (χ2n) is 3.03. The number of hydrogen-bond donors (Lipinski definition) is 1. The summed E-state index contributed by atoms with van der Waals surface area (Å²) in [6, 6.07) is 0. The first kappa shape index (κ1) is 9.48. The molecule has 70 valence electrons. The van der Waals surface area contributed by atoms with Gasteiger partial charge in [-0.3, -0.25) is 0 Å². The molecule has 1 aliphatic heterocycles. The van der Waals surface area contributed by atoms with Gasteiger partial charge in [0, 0.05) is 13.1 Å². The third kappa shape index (κ3) is 3.69. The van der Waals surface area contributed by atoms with E-state index in [-0.39, 0.29) is 6.10 Å². The van der Waals surface area contributed by atoms with Crippen molar-refractivity contribution in [2.45, 2.75) is 20.0 Å². The van der Waals surface area contributed by atoms with Crippen molar-refractivity contribution in [1.29, 1.82) is 0 Å². The van der Waals surface area contributed by atoms with Gasteiger partial charge in [0.15, 0.2) is 0 Å². The third-order valence-electron chi connectivity index (χ3n) is 1.51. The number of oxime groups is 1. The normalized spacial score (nSPS) is 23.3. The van der Waals surface area contributed by atoms with E-state index in [0.29, 0.717) is 6.61 Å². The number of ether oxygens (including phenoxy) is 1. The Morgan fingerprint density at radius 3 is 3.08 bits per heavy atom. The standard InChI is InChI=1S/C8H16N2O2/c1-7(2)10-12-6-8-5-9-3-4-11-8/h8-9H,3-6H2,1-2H3/t8-/m0/s1. The first-order chi connectivity index (χ1) is 5.79. The zero-order valence-corrected chi connectivity index (χ0v) is 7.67. The minimum atomic E-state index is 0.154. The monoisotopic (exact) mass is 172 g/mol. The molecule has 0 aromatic rings. The summed E-state index contributed by atoms with van der Waals surface area (Å²) in [5.41, 5.74) is 0.929. The van der Waals surface area contributed by atoms with Gasteiger partial charge in [-0.25, -0.2) is 0 Å². The molecule has 1 fully saturated rings. The molecule has 4 heteroatoms. The lowest BCUT2D eigenvalue weighted by Gasteiger charge is -2.22. The Morgan fingerprint density at radius 2 is 2.50 bits per heavy atom. The van der Waals surface area contributed by atoms with Crippen LogP contribution in [0.3, 0.4) is 0 Å². The molecule has 0 amide bonds. The highest BCUT2D eigenvalue weighted by Gasteiger charge is 2.13. The van der Waals surface area contributed by atoms with Gasteiger partial charge >= 0.3 is 0 Å². The quantitative estimate of drug-likeness (QED) is 0.494. The average Bonchev–Trinajstić information content (AvgIpc) is 2.05. The van der Waals surface area contributed by atoms with Crippen LogP contribution in [0.25, 0.3) is 0 Å². The van der Waals surface area contributed by atoms with Crippen LogP contribution >= 0.6 is 0 Å². The van der Waals surface area contributed by atoms with Crippen LogP contribution in [-0.2, 0) is 9.57 Å². The second-order valence-corrected chi connectivity index (χ2v) is 3.03. The highest BCUT2D eigenvalue weighted by Crippen LogP contribution is 1.96. The minimum Gasteiger partial charge on any atom is -0.393 e. The van der Waals surface area contributed by atoms with E-state index in [1.54, 1.807) is 0 Å². The Morgan fingerprint density at radius 1 is 1.67 bits per heavy atom. The molecule has 1 aliphatic rings. The van der Waals surface area contributed by atoms with Gasteiger partial charge in [0.05, 0.1) is 12.3 Å². The SMILES string of the molecule is CC(C)=NOC[C@@H]1CNCCO1. The van der Waals surface area contributed by atoms with Crippen molar-refractivity contribution < 1.29 is 9.57 Å². The predicted octanol–water partition coefficient (Wildman–Crippen LogP) is 0.387. The molecule has 0 unspecified atom stereocenters. The Kier molecular flexibility index (Phi) is 4.04. The number of rotatable bonds is 3. The fourth-order valence-corrected chi connectivity index (χ4v) is 0.976. The molecule has 1 rings (SSSR count). The van der Waals surface area contributed by atoms with Gasteiger partial charge in [-0.2, -0.15) is 0 Å². The Labute approximate surface area is 72.9 Å². The van der Waals surface area contributed by atoms with E-state index in [1.807, 2.05) is 13.8 Å². The Balaban J connectivity index is 2.09. The molecule has 0 saturated carbocycles. The zero-order chi connectivity index (χ0) is 8.81. The molecule has 0 bridgehead atoms. The third-order valence-corrected chi connectivity index (χ3v) is 1.51. The van der Waals surface area contributed by atoms with E-state index in [1.165, 1.54) is 0 Å². The second kappa shape index (κ2) is 5.11. The van der Waals surface area contributed by atoms with Gasteiger partial charge in [-0.15, -0.1) is 0 Å². The van der Waals surface area contributed by atoms with Crippen molar-refractivity contribution in [2.24, 2.45) is 5.16 Å². The zero-order valence-electron chi connectivity index (χ0n) is 7.67. The van der Waals surface area contributed by atoms with Crippen LogP contribution in [0.2, 0.25) is 0 Å². The topological polar surface area (TPSA) is 42.8 Å². The summed E-state index contributed by atoms with van der Waals surface area (Å²) in [4.78, 5) is 5.06. The van der Waals surface area contributed by atoms with E-state index >= 15 is 0 Å². The highest BCUT2D eigenvalue weighted by molar-refractivity contribution is 5.78. The van der Waals surface area contributed by atoms with E-state index in [9.17, 15) is 0 Å². The molecule has 0 aromatic heterocycles. The molecule has 1 heterocycles. The van der Waals surface area contributed by atoms with Gasteiger partial charge in [0.2, 0.25) is 0 Å². The lowest BCUT2D eigenvalue weighted by Crippen LogP contribution is -2.40. The maximum Gasteiger partial charge on any atom is 0.144 e. The maximum absolute atomic E-state index is 5.40. The molecule has 0 aromatic carbocycles. The van der Waals surface area contributed by atoms with Gasteiger partial charge in [-0.1, -0.05) is 5.16 Å². The number of nitrogens with one attached hydrogen (secondary N) is 1. The lowest BCUT2D eigenvalue weighted by molar-refractivity contribution is -0.0302. The van der Waals surface area contributed by atoms with Crippen molar-refractivity contribution in [3.63, 3.8) is 0 Å². The summed E-state index contributed by atoms with van der Waals surface area (Å²) in [5.74, 6) is 0. The van der Waals surface area contributed by atoms with Crippen molar-refractivity contribution in [1.82, 2.24) is 5.32 Å². The molecule has 0 aliphatic carbocycles. The van der Waals surface area contributed by atoms with Gasteiger partial charge in [0.1, 0.15) is 12.7 Å². The summed E-state index contributed by atoms with van der Waals surface area (Å²) in [5, 5.41) is 7.05. The fourth-order valence-electron chi connectivity index (χ4n) is 0.976. The summed E-state index contributed by atoms with van der Waals surface area (Å²) >= 11 is 0.